The quantitative estimate of drug-likeness (QED) is 0.814. The van der Waals surface area contributed by atoms with Gasteiger partial charge in [-0.15, -0.1) is 11.3 Å². The van der Waals surface area contributed by atoms with Crippen LogP contribution in [-0.4, -0.2) is 16.5 Å². The second-order valence-electron chi connectivity index (χ2n) is 2.78. The van der Waals surface area contributed by atoms with Crippen LogP contribution < -0.4 is 5.32 Å². The maximum atomic E-state index is 4.20. The lowest BCUT2D eigenvalue weighted by Gasteiger charge is -2.02. The molecule has 0 aliphatic heterocycles. The second-order valence-corrected chi connectivity index (χ2v) is 3.70. The van der Waals surface area contributed by atoms with Crippen molar-refractivity contribution in [1.29, 1.82) is 0 Å². The Kier molecular flexibility index (Phi) is 2.40. The fourth-order valence-electron chi connectivity index (χ4n) is 1.16. The van der Waals surface area contributed by atoms with Crippen LogP contribution >= 0.6 is 11.3 Å². The molecule has 2 rings (SSSR count). The highest BCUT2D eigenvalue weighted by Crippen LogP contribution is 2.24. The van der Waals surface area contributed by atoms with E-state index >= 15 is 0 Å². The molecule has 68 valence electrons. The minimum atomic E-state index is 0.960. The molecule has 0 aliphatic rings. The number of thiophene rings is 1. The Morgan fingerprint density at radius 1 is 1.46 bits per heavy atom. The first kappa shape index (κ1) is 8.44. The van der Waals surface area contributed by atoms with E-state index in [1.165, 1.54) is 0 Å². The molecule has 2 heterocycles. The molecule has 0 aromatic carbocycles. The Bertz CT molecular complexity index is 396. The summed E-state index contributed by atoms with van der Waals surface area (Å²) in [7, 11) is 0. The third kappa shape index (κ3) is 1.62. The number of nitrogens with one attached hydrogen (secondary N) is 1. The van der Waals surface area contributed by atoms with E-state index in [0.717, 1.165) is 29.0 Å². The van der Waals surface area contributed by atoms with Crippen molar-refractivity contribution in [1.82, 2.24) is 9.97 Å². The molecule has 4 heteroatoms. The second kappa shape index (κ2) is 3.70. The monoisotopic (exact) mass is 193 g/mol. The van der Waals surface area contributed by atoms with Crippen molar-refractivity contribution in [2.45, 2.75) is 13.3 Å². The van der Waals surface area contributed by atoms with E-state index in [1.54, 1.807) is 17.7 Å². The SMILES string of the molecule is CCCNc1ncnc2ccsc12. The summed E-state index contributed by atoms with van der Waals surface area (Å²) in [5, 5.41) is 5.32. The van der Waals surface area contributed by atoms with Gasteiger partial charge in [-0.2, -0.15) is 0 Å². The largest absolute Gasteiger partial charge is 0.369 e. The van der Waals surface area contributed by atoms with Gasteiger partial charge in [0.1, 0.15) is 12.1 Å². The summed E-state index contributed by atoms with van der Waals surface area (Å²) in [5.74, 6) is 0.960. The Balaban J connectivity index is 2.37. The normalized spacial score (nSPS) is 10.5. The molecule has 1 N–H and O–H groups in total. The number of hydrogen-bond donors (Lipinski definition) is 1. The van der Waals surface area contributed by atoms with Crippen LogP contribution in [0.3, 0.4) is 0 Å². The summed E-state index contributed by atoms with van der Waals surface area (Å²) in [6.45, 7) is 3.10. The molecule has 0 fully saturated rings. The first-order valence-corrected chi connectivity index (χ1v) is 5.22. The molecule has 0 spiro atoms. The van der Waals surface area contributed by atoms with Crippen molar-refractivity contribution < 1.29 is 0 Å². The van der Waals surface area contributed by atoms with Crippen LogP contribution in [0.5, 0.6) is 0 Å². The summed E-state index contributed by atoms with van der Waals surface area (Å²) in [5.41, 5.74) is 1.03. The van der Waals surface area contributed by atoms with Gasteiger partial charge >= 0.3 is 0 Å². The van der Waals surface area contributed by atoms with Gasteiger partial charge in [0.05, 0.1) is 10.2 Å². The molecule has 0 saturated carbocycles. The Hall–Kier alpha value is -1.16. The molecule has 2 aromatic rings. The standard InChI is InChI=1S/C9H11N3S/c1-2-4-10-9-8-7(3-5-13-8)11-6-12-9/h3,5-6H,2,4H2,1H3,(H,10,11,12). The highest BCUT2D eigenvalue weighted by molar-refractivity contribution is 7.17. The first-order chi connectivity index (χ1) is 6.42. The van der Waals surface area contributed by atoms with Gasteiger partial charge < -0.3 is 5.32 Å². The predicted octanol–water partition coefficient (Wildman–Crippen LogP) is 2.51. The number of anilines is 1. The predicted molar refractivity (Wildman–Crippen MR) is 56.2 cm³/mol. The first-order valence-electron chi connectivity index (χ1n) is 4.34. The van der Waals surface area contributed by atoms with E-state index in [4.69, 9.17) is 0 Å². The average molecular weight is 193 g/mol. The van der Waals surface area contributed by atoms with Crippen molar-refractivity contribution >= 4 is 27.4 Å². The van der Waals surface area contributed by atoms with E-state index in [0.29, 0.717) is 0 Å². The highest BCUT2D eigenvalue weighted by atomic mass is 32.1. The van der Waals surface area contributed by atoms with Gasteiger partial charge in [0.15, 0.2) is 0 Å². The summed E-state index contributed by atoms with van der Waals surface area (Å²) < 4.78 is 1.15. The van der Waals surface area contributed by atoms with Crippen LogP contribution in [0, 0.1) is 0 Å². The number of nitrogens with zero attached hydrogens (tertiary/aromatic N) is 2. The summed E-state index contributed by atoms with van der Waals surface area (Å²) in [4.78, 5) is 8.37. The number of rotatable bonds is 3. The van der Waals surface area contributed by atoms with Gasteiger partial charge in [0.25, 0.3) is 0 Å². The lowest BCUT2D eigenvalue weighted by Crippen LogP contribution is -2.01. The fourth-order valence-corrected chi connectivity index (χ4v) is 1.97. The number of aromatic nitrogens is 2. The maximum absolute atomic E-state index is 4.20. The van der Waals surface area contributed by atoms with Gasteiger partial charge in [0, 0.05) is 6.54 Å². The van der Waals surface area contributed by atoms with Crippen LogP contribution in [0.2, 0.25) is 0 Å². The third-order valence-corrected chi connectivity index (χ3v) is 2.70. The topological polar surface area (TPSA) is 37.8 Å². The van der Waals surface area contributed by atoms with Crippen molar-refractivity contribution in [2.24, 2.45) is 0 Å². The summed E-state index contributed by atoms with van der Waals surface area (Å²) in [6, 6.07) is 2.01. The van der Waals surface area contributed by atoms with E-state index in [1.807, 2.05) is 11.4 Å². The van der Waals surface area contributed by atoms with Gasteiger partial charge in [0.2, 0.25) is 0 Å². The molecule has 2 aromatic heterocycles. The van der Waals surface area contributed by atoms with Gasteiger partial charge in [-0.1, -0.05) is 6.92 Å². The molecule has 0 saturated heterocycles. The zero-order chi connectivity index (χ0) is 9.10. The molecule has 0 aliphatic carbocycles. The van der Waals surface area contributed by atoms with Crippen LogP contribution in [0.4, 0.5) is 5.82 Å². The molecule has 13 heavy (non-hydrogen) atoms. The molecular formula is C9H11N3S. The Morgan fingerprint density at radius 2 is 2.38 bits per heavy atom. The van der Waals surface area contributed by atoms with E-state index < -0.39 is 0 Å². The zero-order valence-electron chi connectivity index (χ0n) is 7.45. The van der Waals surface area contributed by atoms with Crippen LogP contribution in [0.1, 0.15) is 13.3 Å². The number of fused-ring (bicyclic) bond motifs is 1. The van der Waals surface area contributed by atoms with Crippen molar-refractivity contribution in [3.05, 3.63) is 17.8 Å². The van der Waals surface area contributed by atoms with Crippen molar-refractivity contribution in [2.75, 3.05) is 11.9 Å². The molecule has 0 atom stereocenters. The smallest absolute Gasteiger partial charge is 0.147 e. The van der Waals surface area contributed by atoms with Crippen LogP contribution in [0.25, 0.3) is 10.2 Å². The summed E-state index contributed by atoms with van der Waals surface area (Å²) in [6.07, 6.45) is 2.71. The van der Waals surface area contributed by atoms with Crippen molar-refractivity contribution in [3.8, 4) is 0 Å². The van der Waals surface area contributed by atoms with Crippen molar-refractivity contribution in [3.63, 3.8) is 0 Å². The lowest BCUT2D eigenvalue weighted by atomic mass is 10.4. The Labute approximate surface area is 80.8 Å². The molecule has 0 amide bonds. The van der Waals surface area contributed by atoms with Gasteiger partial charge in [-0.3, -0.25) is 0 Å². The molecule has 0 bridgehead atoms. The van der Waals surface area contributed by atoms with Crippen LogP contribution in [0.15, 0.2) is 17.8 Å². The Morgan fingerprint density at radius 3 is 3.23 bits per heavy atom. The minimum absolute atomic E-state index is 0.960. The van der Waals surface area contributed by atoms with E-state index in [-0.39, 0.29) is 0 Å². The molecule has 0 unspecified atom stereocenters. The fraction of sp³-hybridized carbons (Fsp3) is 0.333. The van der Waals surface area contributed by atoms with Gasteiger partial charge in [-0.25, -0.2) is 9.97 Å². The van der Waals surface area contributed by atoms with Gasteiger partial charge in [-0.05, 0) is 17.9 Å². The minimum Gasteiger partial charge on any atom is -0.369 e. The molecular weight excluding hydrogens is 182 g/mol. The van der Waals surface area contributed by atoms with E-state index in [2.05, 4.69) is 22.2 Å². The number of hydrogen-bond acceptors (Lipinski definition) is 4. The lowest BCUT2D eigenvalue weighted by molar-refractivity contribution is 0.970. The third-order valence-electron chi connectivity index (χ3n) is 1.79. The van der Waals surface area contributed by atoms with E-state index in [9.17, 15) is 0 Å². The highest BCUT2D eigenvalue weighted by Gasteiger charge is 2.02. The average Bonchev–Trinajstić information content (AvgIpc) is 2.62. The molecule has 3 nitrogen and oxygen atoms in total. The maximum Gasteiger partial charge on any atom is 0.147 e. The zero-order valence-corrected chi connectivity index (χ0v) is 8.27. The molecule has 0 radical (unpaired) electrons. The summed E-state index contributed by atoms with van der Waals surface area (Å²) >= 11 is 1.68. The van der Waals surface area contributed by atoms with Crippen LogP contribution in [-0.2, 0) is 0 Å².